The number of likely N-dealkylation sites (tertiary alicyclic amines) is 1. The van der Waals surface area contributed by atoms with Gasteiger partial charge in [-0.2, -0.15) is 0 Å². The van der Waals surface area contributed by atoms with Crippen molar-refractivity contribution in [3.63, 3.8) is 0 Å². The third kappa shape index (κ3) is 5.21. The Morgan fingerprint density at radius 2 is 1.73 bits per heavy atom. The normalized spacial score (nSPS) is 22.9. The van der Waals surface area contributed by atoms with E-state index in [-0.39, 0.29) is 56.0 Å². The molecule has 0 unspecified atom stereocenters. The van der Waals surface area contributed by atoms with Gasteiger partial charge in [0.2, 0.25) is 5.91 Å². The molecule has 2 aromatic rings. The molecule has 1 N–H and O–H groups in total. The molecule has 5 rings (SSSR count). The molecule has 3 aliphatic heterocycles. The number of benzene rings is 2. The highest BCUT2D eigenvalue weighted by atomic mass is 19.1. The Morgan fingerprint density at radius 1 is 0.973 bits per heavy atom. The van der Waals surface area contributed by atoms with Crippen LogP contribution in [0.3, 0.4) is 0 Å². The van der Waals surface area contributed by atoms with Crippen LogP contribution in [0.2, 0.25) is 0 Å². The van der Waals surface area contributed by atoms with E-state index in [0.717, 1.165) is 18.9 Å². The molecule has 10 heteroatoms. The first-order chi connectivity index (χ1) is 17.9. The topological polar surface area (TPSA) is 88.2 Å². The maximum absolute atomic E-state index is 14.0. The van der Waals surface area contributed by atoms with Gasteiger partial charge in [-0.05, 0) is 55.3 Å². The Bertz CT molecular complexity index is 1160. The van der Waals surface area contributed by atoms with Gasteiger partial charge in [-0.25, -0.2) is 8.78 Å². The van der Waals surface area contributed by atoms with Gasteiger partial charge in [0, 0.05) is 50.2 Å². The van der Waals surface area contributed by atoms with Crippen molar-refractivity contribution in [2.24, 2.45) is 0 Å². The number of halogens is 2. The lowest BCUT2D eigenvalue weighted by atomic mass is 9.96. The highest BCUT2D eigenvalue weighted by molar-refractivity contribution is 5.98. The summed E-state index contributed by atoms with van der Waals surface area (Å²) in [5.41, 5.74) is -0.634. The van der Waals surface area contributed by atoms with Crippen molar-refractivity contribution < 1.29 is 32.6 Å². The molecule has 0 aliphatic carbocycles. The summed E-state index contributed by atoms with van der Waals surface area (Å²) in [6.45, 7) is 1.53. The van der Waals surface area contributed by atoms with Gasteiger partial charge in [0.1, 0.15) is 23.4 Å². The average Bonchev–Trinajstić information content (AvgIpc) is 3.56. The van der Waals surface area contributed by atoms with Crippen LogP contribution >= 0.6 is 0 Å². The van der Waals surface area contributed by atoms with Crippen LogP contribution in [0.4, 0.5) is 8.78 Å². The van der Waals surface area contributed by atoms with Gasteiger partial charge >= 0.3 is 0 Å². The van der Waals surface area contributed by atoms with Gasteiger partial charge in [0.25, 0.3) is 11.8 Å². The molecule has 0 bridgehead atoms. The number of nitrogens with zero attached hydrogens (tertiary/aromatic N) is 2. The van der Waals surface area contributed by atoms with E-state index in [0.29, 0.717) is 18.7 Å². The lowest BCUT2D eigenvalue weighted by Crippen LogP contribution is -2.60. The molecular weight excluding hydrogens is 484 g/mol. The van der Waals surface area contributed by atoms with E-state index in [1.165, 1.54) is 47.4 Å². The summed E-state index contributed by atoms with van der Waals surface area (Å²) in [6, 6.07) is 9.77. The van der Waals surface area contributed by atoms with E-state index in [1.54, 1.807) is 4.90 Å². The van der Waals surface area contributed by atoms with Crippen LogP contribution in [0.25, 0.3) is 0 Å². The zero-order valence-electron chi connectivity index (χ0n) is 20.3. The Kier molecular flexibility index (Phi) is 7.21. The Morgan fingerprint density at radius 3 is 2.41 bits per heavy atom. The van der Waals surface area contributed by atoms with E-state index in [2.05, 4.69) is 5.32 Å². The maximum Gasteiger partial charge on any atom is 0.256 e. The molecule has 0 saturated carbocycles. The summed E-state index contributed by atoms with van der Waals surface area (Å²) < 4.78 is 39.0. The number of hydrogen-bond acceptors (Lipinski definition) is 5. The molecule has 3 saturated heterocycles. The number of rotatable bonds is 5. The summed E-state index contributed by atoms with van der Waals surface area (Å²) in [7, 11) is 0. The van der Waals surface area contributed by atoms with Gasteiger partial charge < -0.3 is 19.7 Å². The summed E-state index contributed by atoms with van der Waals surface area (Å²) in [5, 5.41) is 2.88. The molecule has 3 aliphatic rings. The summed E-state index contributed by atoms with van der Waals surface area (Å²) in [5.74, 6) is -2.10. The van der Waals surface area contributed by atoms with Gasteiger partial charge in [0.15, 0.2) is 0 Å². The van der Waals surface area contributed by atoms with E-state index >= 15 is 0 Å². The number of nitrogens with one attached hydrogen (secondary N) is 1. The lowest BCUT2D eigenvalue weighted by Gasteiger charge is -2.44. The fraction of sp³-hybridized carbons (Fsp3) is 0.444. The largest absolute Gasteiger partial charge is 0.376 e. The summed E-state index contributed by atoms with van der Waals surface area (Å²) >= 11 is 0. The minimum Gasteiger partial charge on any atom is -0.376 e. The SMILES string of the molecule is O=C(NC[C@@H]1CCCO1)[C@H]1COC2(CCN(C(=O)c3ccc(F)cc3)CC2)N1C(=O)c1cccc(F)c1. The van der Waals surface area contributed by atoms with Crippen molar-refractivity contribution in [1.29, 1.82) is 0 Å². The number of hydrogen-bond donors (Lipinski definition) is 1. The van der Waals surface area contributed by atoms with Gasteiger partial charge in [0.05, 0.1) is 12.7 Å². The molecule has 1 spiro atoms. The Balaban J connectivity index is 1.34. The molecule has 0 radical (unpaired) electrons. The molecule has 37 heavy (non-hydrogen) atoms. The third-order valence-electron chi connectivity index (χ3n) is 7.30. The molecule has 2 aromatic carbocycles. The van der Waals surface area contributed by atoms with E-state index < -0.39 is 29.3 Å². The zero-order chi connectivity index (χ0) is 26.0. The lowest BCUT2D eigenvalue weighted by molar-refractivity contribution is -0.128. The van der Waals surface area contributed by atoms with Crippen molar-refractivity contribution in [3.05, 3.63) is 71.3 Å². The van der Waals surface area contributed by atoms with Crippen molar-refractivity contribution >= 4 is 17.7 Å². The van der Waals surface area contributed by atoms with Crippen LogP contribution < -0.4 is 5.32 Å². The van der Waals surface area contributed by atoms with Gasteiger partial charge in [-0.1, -0.05) is 6.07 Å². The minimum atomic E-state index is -1.12. The smallest absolute Gasteiger partial charge is 0.256 e. The highest BCUT2D eigenvalue weighted by Gasteiger charge is 2.54. The van der Waals surface area contributed by atoms with Crippen LogP contribution in [0, 0.1) is 11.6 Å². The fourth-order valence-corrected chi connectivity index (χ4v) is 5.30. The van der Waals surface area contributed by atoms with Crippen molar-refractivity contribution in [3.8, 4) is 0 Å². The predicted octanol–water partition coefficient (Wildman–Crippen LogP) is 2.73. The quantitative estimate of drug-likeness (QED) is 0.665. The van der Waals surface area contributed by atoms with Crippen molar-refractivity contribution in [1.82, 2.24) is 15.1 Å². The Hall–Kier alpha value is -3.37. The second-order valence-electron chi connectivity index (χ2n) is 9.64. The molecule has 0 aromatic heterocycles. The molecule has 196 valence electrons. The molecular formula is C27H29F2N3O5. The number of carbonyl (C=O) groups is 3. The monoisotopic (exact) mass is 513 g/mol. The second kappa shape index (κ2) is 10.5. The molecule has 2 atom stereocenters. The van der Waals surface area contributed by atoms with Crippen molar-refractivity contribution in [2.75, 3.05) is 32.8 Å². The predicted molar refractivity (Wildman–Crippen MR) is 129 cm³/mol. The number of piperidine rings is 1. The first-order valence-corrected chi connectivity index (χ1v) is 12.5. The van der Waals surface area contributed by atoms with Gasteiger partial charge in [-0.3, -0.25) is 19.3 Å². The van der Waals surface area contributed by atoms with Gasteiger partial charge in [-0.15, -0.1) is 0 Å². The minimum absolute atomic E-state index is 0.00960. The standard InChI is InChI=1S/C27H29F2N3O5/c28-20-8-6-18(7-9-20)25(34)31-12-10-27(11-13-31)32(26(35)19-3-1-4-21(29)15-19)23(17-37-27)24(33)30-16-22-5-2-14-36-22/h1,3-4,6-9,15,22-23H,2,5,10-14,16-17H2,(H,30,33)/t22-,23+/m0/s1. The first kappa shape index (κ1) is 25.3. The highest BCUT2D eigenvalue weighted by Crippen LogP contribution is 2.39. The maximum atomic E-state index is 14.0. The van der Waals surface area contributed by atoms with Crippen LogP contribution in [0.15, 0.2) is 48.5 Å². The van der Waals surface area contributed by atoms with Crippen LogP contribution in [-0.2, 0) is 14.3 Å². The van der Waals surface area contributed by atoms with E-state index in [1.807, 2.05) is 0 Å². The zero-order valence-corrected chi connectivity index (χ0v) is 20.3. The average molecular weight is 514 g/mol. The van der Waals surface area contributed by atoms with E-state index in [9.17, 15) is 23.2 Å². The third-order valence-corrected chi connectivity index (χ3v) is 7.30. The van der Waals surface area contributed by atoms with Crippen LogP contribution in [0.1, 0.15) is 46.4 Å². The number of ether oxygens (including phenoxy) is 2. The van der Waals surface area contributed by atoms with Crippen LogP contribution in [0.5, 0.6) is 0 Å². The van der Waals surface area contributed by atoms with E-state index in [4.69, 9.17) is 9.47 Å². The summed E-state index contributed by atoms with van der Waals surface area (Å²) in [4.78, 5) is 42.9. The van der Waals surface area contributed by atoms with Crippen LogP contribution in [-0.4, -0.2) is 78.2 Å². The fourth-order valence-electron chi connectivity index (χ4n) is 5.30. The molecule has 3 amide bonds. The number of amides is 3. The first-order valence-electron chi connectivity index (χ1n) is 12.5. The molecule has 8 nitrogen and oxygen atoms in total. The summed E-state index contributed by atoms with van der Waals surface area (Å²) in [6.07, 6.45) is 2.28. The number of carbonyl (C=O) groups excluding carboxylic acids is 3. The second-order valence-corrected chi connectivity index (χ2v) is 9.64. The Labute approximate surface area is 213 Å². The van der Waals surface area contributed by atoms with Crippen molar-refractivity contribution in [2.45, 2.75) is 43.6 Å². The molecule has 3 fully saturated rings. The molecule has 3 heterocycles.